The van der Waals surface area contributed by atoms with E-state index in [1.54, 1.807) is 16.0 Å². The van der Waals surface area contributed by atoms with Crippen LogP contribution in [0, 0.1) is 0 Å². The van der Waals surface area contributed by atoms with Crippen molar-refractivity contribution in [1.29, 1.82) is 0 Å². The highest BCUT2D eigenvalue weighted by Gasteiger charge is 2.27. The van der Waals surface area contributed by atoms with Gasteiger partial charge < -0.3 is 5.11 Å². The Morgan fingerprint density at radius 3 is 3.00 bits per heavy atom. The van der Waals surface area contributed by atoms with Gasteiger partial charge in [-0.2, -0.15) is 5.10 Å². The fraction of sp³-hybridized carbons (Fsp3) is 0.500. The van der Waals surface area contributed by atoms with E-state index < -0.39 is 5.97 Å². The normalized spacial score (nSPS) is 15.1. The average Bonchev–Trinajstić information content (AvgIpc) is 3.04. The number of thiazole rings is 1. The minimum absolute atomic E-state index is 0.203. The first-order valence-corrected chi connectivity index (χ1v) is 7.84. The molecule has 1 aliphatic heterocycles. The lowest BCUT2D eigenvalue weighted by atomic mass is 10.0. The summed E-state index contributed by atoms with van der Waals surface area (Å²) in [4.78, 5) is 19.3. The minimum Gasteiger partial charge on any atom is -0.476 e. The molecule has 21 heavy (non-hydrogen) atoms. The number of rotatable bonds is 4. The fourth-order valence-electron chi connectivity index (χ4n) is 2.71. The van der Waals surface area contributed by atoms with Gasteiger partial charge >= 0.3 is 5.97 Å². The van der Waals surface area contributed by atoms with Crippen molar-refractivity contribution in [3.63, 3.8) is 0 Å². The van der Waals surface area contributed by atoms with Crippen molar-refractivity contribution in [3.8, 4) is 0 Å². The highest BCUT2D eigenvalue weighted by molar-refractivity contribution is 7.11. The van der Waals surface area contributed by atoms with Crippen LogP contribution >= 0.6 is 11.3 Å². The molecule has 3 rings (SSSR count). The average molecular weight is 306 g/mol. The summed E-state index contributed by atoms with van der Waals surface area (Å²) < 4.78 is 1.70. The summed E-state index contributed by atoms with van der Waals surface area (Å²) >= 11 is 1.75. The summed E-state index contributed by atoms with van der Waals surface area (Å²) in [5.74, 6) is -0.937. The van der Waals surface area contributed by atoms with Crippen LogP contribution in [0.1, 0.15) is 38.6 Å². The van der Waals surface area contributed by atoms with Gasteiger partial charge in [-0.05, 0) is 12.8 Å². The lowest BCUT2D eigenvalue weighted by molar-refractivity contribution is 0.0688. The molecule has 0 saturated heterocycles. The van der Waals surface area contributed by atoms with E-state index >= 15 is 0 Å². The topological polar surface area (TPSA) is 71.2 Å². The Bertz CT molecular complexity index is 677. The van der Waals surface area contributed by atoms with Crippen LogP contribution in [-0.4, -0.2) is 37.3 Å². The van der Waals surface area contributed by atoms with E-state index in [0.29, 0.717) is 0 Å². The van der Waals surface area contributed by atoms with Crippen LogP contribution < -0.4 is 0 Å². The van der Waals surface area contributed by atoms with E-state index in [1.807, 2.05) is 13.2 Å². The van der Waals surface area contributed by atoms with E-state index in [4.69, 9.17) is 0 Å². The summed E-state index contributed by atoms with van der Waals surface area (Å²) in [5, 5.41) is 14.4. The zero-order valence-electron chi connectivity index (χ0n) is 12.2. The van der Waals surface area contributed by atoms with Crippen molar-refractivity contribution in [2.24, 2.45) is 7.05 Å². The molecule has 1 aliphatic rings. The van der Waals surface area contributed by atoms with Gasteiger partial charge in [-0.3, -0.25) is 9.58 Å². The molecule has 1 N–H and O–H groups in total. The molecule has 0 aliphatic carbocycles. The predicted octanol–water partition coefficient (Wildman–Crippen LogP) is 1.70. The summed E-state index contributed by atoms with van der Waals surface area (Å²) in [6.45, 7) is 4.53. The molecular weight excluding hydrogens is 288 g/mol. The molecule has 0 spiro atoms. The highest BCUT2D eigenvalue weighted by Crippen LogP contribution is 2.24. The lowest BCUT2D eigenvalue weighted by Gasteiger charge is -2.26. The summed E-state index contributed by atoms with van der Waals surface area (Å²) in [5.41, 5.74) is 2.09. The first-order valence-electron chi connectivity index (χ1n) is 7.02. The molecule has 2 aromatic rings. The van der Waals surface area contributed by atoms with Gasteiger partial charge in [-0.15, -0.1) is 11.3 Å². The summed E-state index contributed by atoms with van der Waals surface area (Å²) in [6, 6.07) is 0. The molecule has 0 saturated carbocycles. The number of aromatic nitrogens is 3. The first-order chi connectivity index (χ1) is 10.1. The van der Waals surface area contributed by atoms with Crippen LogP contribution in [0.25, 0.3) is 0 Å². The van der Waals surface area contributed by atoms with E-state index in [9.17, 15) is 9.90 Å². The summed E-state index contributed by atoms with van der Waals surface area (Å²) in [7, 11) is 1.81. The number of hydrogen-bond acceptors (Lipinski definition) is 5. The van der Waals surface area contributed by atoms with Gasteiger partial charge in [-0.1, -0.05) is 6.92 Å². The van der Waals surface area contributed by atoms with Gasteiger partial charge in [0.05, 0.1) is 12.2 Å². The number of aromatic carboxylic acids is 1. The van der Waals surface area contributed by atoms with Gasteiger partial charge in [0.2, 0.25) is 0 Å². The number of fused-ring (bicyclic) bond motifs is 1. The quantitative estimate of drug-likeness (QED) is 0.931. The highest BCUT2D eigenvalue weighted by atomic mass is 32.1. The number of carboxylic acid groups (broad SMARTS) is 1. The van der Waals surface area contributed by atoms with Gasteiger partial charge in [0.25, 0.3) is 0 Å². The summed E-state index contributed by atoms with van der Waals surface area (Å²) in [6.07, 6.45) is 3.70. The molecular formula is C14H18N4O2S. The first kappa shape index (κ1) is 14.2. The molecule has 3 heterocycles. The Morgan fingerprint density at radius 2 is 2.33 bits per heavy atom. The molecule has 0 unspecified atom stereocenters. The van der Waals surface area contributed by atoms with Crippen LogP contribution in [0.4, 0.5) is 0 Å². The van der Waals surface area contributed by atoms with Gasteiger partial charge in [0.1, 0.15) is 5.01 Å². The molecule has 0 aromatic carbocycles. The van der Waals surface area contributed by atoms with Crippen molar-refractivity contribution in [2.75, 3.05) is 6.54 Å². The predicted molar refractivity (Wildman–Crippen MR) is 79.5 cm³/mol. The fourth-order valence-corrected chi connectivity index (χ4v) is 3.61. The minimum atomic E-state index is -0.937. The Hall–Kier alpha value is -1.73. The molecule has 0 atom stereocenters. The van der Waals surface area contributed by atoms with E-state index in [1.165, 1.54) is 4.88 Å². The monoisotopic (exact) mass is 306 g/mol. The number of hydrogen-bond donors (Lipinski definition) is 1. The van der Waals surface area contributed by atoms with Crippen molar-refractivity contribution < 1.29 is 9.90 Å². The van der Waals surface area contributed by atoms with Crippen LogP contribution in [0.5, 0.6) is 0 Å². The zero-order chi connectivity index (χ0) is 15.0. The third kappa shape index (κ3) is 2.71. The largest absolute Gasteiger partial charge is 0.476 e. The Balaban J connectivity index is 1.77. The molecule has 0 bridgehead atoms. The van der Waals surface area contributed by atoms with Crippen molar-refractivity contribution in [2.45, 2.75) is 32.9 Å². The van der Waals surface area contributed by atoms with Crippen LogP contribution in [-0.2, 0) is 33.0 Å². The maximum atomic E-state index is 11.2. The lowest BCUT2D eigenvalue weighted by Crippen LogP contribution is -2.31. The van der Waals surface area contributed by atoms with E-state index in [0.717, 1.165) is 48.7 Å². The Kier molecular flexibility index (Phi) is 3.77. The van der Waals surface area contributed by atoms with Crippen LogP contribution in [0.3, 0.4) is 0 Å². The Labute approximate surface area is 127 Å². The molecule has 7 heteroatoms. The van der Waals surface area contributed by atoms with Crippen molar-refractivity contribution in [1.82, 2.24) is 19.7 Å². The van der Waals surface area contributed by atoms with Gasteiger partial charge in [0, 0.05) is 36.8 Å². The number of nitrogens with zero attached hydrogens (tertiary/aromatic N) is 4. The molecule has 2 aromatic heterocycles. The smallest absolute Gasteiger partial charge is 0.356 e. The second kappa shape index (κ2) is 5.57. The number of carbonyl (C=O) groups is 1. The molecule has 6 nitrogen and oxygen atoms in total. The third-order valence-corrected chi connectivity index (χ3v) is 4.96. The van der Waals surface area contributed by atoms with Crippen molar-refractivity contribution >= 4 is 17.3 Å². The third-order valence-electron chi connectivity index (χ3n) is 3.84. The van der Waals surface area contributed by atoms with Crippen LogP contribution in [0.15, 0.2) is 6.20 Å². The van der Waals surface area contributed by atoms with Gasteiger partial charge in [0.15, 0.2) is 5.69 Å². The van der Waals surface area contributed by atoms with E-state index in [2.05, 4.69) is 21.9 Å². The number of aryl methyl sites for hydroxylation is 2. The Morgan fingerprint density at radius 1 is 1.52 bits per heavy atom. The SMILES string of the molecule is CCc1cnc(CN2CCc3c(C(=O)O)nn(C)c3C2)s1. The van der Waals surface area contributed by atoms with Gasteiger partial charge in [-0.25, -0.2) is 9.78 Å². The molecule has 0 radical (unpaired) electrons. The van der Waals surface area contributed by atoms with Crippen LogP contribution in [0.2, 0.25) is 0 Å². The molecule has 0 fully saturated rings. The maximum Gasteiger partial charge on any atom is 0.356 e. The zero-order valence-corrected chi connectivity index (χ0v) is 13.0. The standard InChI is InChI=1S/C14H18N4O2S/c1-3-9-6-15-12(21-9)8-18-5-4-10-11(7-18)17(2)16-13(10)14(19)20/h6H,3-5,7-8H2,1-2H3,(H,19,20). The number of carboxylic acids is 1. The maximum absolute atomic E-state index is 11.2. The van der Waals surface area contributed by atoms with E-state index in [-0.39, 0.29) is 5.69 Å². The second-order valence-corrected chi connectivity index (χ2v) is 6.44. The molecule has 0 amide bonds. The molecule has 112 valence electrons. The second-order valence-electron chi connectivity index (χ2n) is 5.24. The van der Waals surface area contributed by atoms with Crippen molar-refractivity contribution in [3.05, 3.63) is 33.0 Å².